The third-order valence-electron chi connectivity index (χ3n) is 4.16. The van der Waals surface area contributed by atoms with Crippen molar-refractivity contribution in [1.82, 2.24) is 9.97 Å². The third-order valence-corrected chi connectivity index (χ3v) is 4.16. The Bertz CT molecular complexity index is 881. The van der Waals surface area contributed by atoms with E-state index in [0.717, 1.165) is 47.4 Å². The quantitative estimate of drug-likeness (QED) is 0.724. The van der Waals surface area contributed by atoms with Gasteiger partial charge in [0, 0.05) is 12.1 Å². The second-order valence-corrected chi connectivity index (χ2v) is 5.73. The lowest BCUT2D eigenvalue weighted by Crippen LogP contribution is -2.04. The molecule has 2 heterocycles. The van der Waals surface area contributed by atoms with Gasteiger partial charge in [-0.05, 0) is 43.5 Å². The van der Waals surface area contributed by atoms with Crippen molar-refractivity contribution in [3.05, 3.63) is 65.5 Å². The van der Waals surface area contributed by atoms with E-state index in [2.05, 4.69) is 23.2 Å². The maximum absolute atomic E-state index is 4.77. The summed E-state index contributed by atoms with van der Waals surface area (Å²) in [4.78, 5) is 14.2. The van der Waals surface area contributed by atoms with Gasteiger partial charge in [-0.2, -0.15) is 0 Å². The average molecular weight is 287 g/mol. The van der Waals surface area contributed by atoms with Gasteiger partial charge in [-0.3, -0.25) is 4.99 Å². The van der Waals surface area contributed by atoms with E-state index < -0.39 is 0 Å². The van der Waals surface area contributed by atoms with Crippen LogP contribution < -0.4 is 0 Å². The topological polar surface area (TPSA) is 38.1 Å². The molecule has 0 bridgehead atoms. The zero-order valence-corrected chi connectivity index (χ0v) is 12.6. The summed E-state index contributed by atoms with van der Waals surface area (Å²) < 4.78 is 0. The molecule has 2 aromatic carbocycles. The van der Waals surface area contributed by atoms with Crippen LogP contribution in [-0.2, 0) is 12.8 Å². The zero-order chi connectivity index (χ0) is 14.9. The average Bonchev–Trinajstić information content (AvgIpc) is 2.95. The van der Waals surface area contributed by atoms with Gasteiger partial charge in [0.15, 0.2) is 0 Å². The highest BCUT2D eigenvalue weighted by molar-refractivity contribution is 5.94. The molecular formula is C19H17N3. The summed E-state index contributed by atoms with van der Waals surface area (Å²) in [6.07, 6.45) is 2.81. The van der Waals surface area contributed by atoms with Gasteiger partial charge in [-0.1, -0.05) is 30.3 Å². The number of hydrogen-bond donors (Lipinski definition) is 0. The molecule has 3 aromatic rings. The number of aliphatic imine (C=N–C) groups is 1. The van der Waals surface area contributed by atoms with E-state index in [-0.39, 0.29) is 0 Å². The molecular weight excluding hydrogens is 270 g/mol. The molecule has 4 rings (SSSR count). The highest BCUT2D eigenvalue weighted by Gasteiger charge is 2.14. The van der Waals surface area contributed by atoms with Crippen LogP contribution in [0.1, 0.15) is 23.4 Å². The van der Waals surface area contributed by atoms with Gasteiger partial charge in [-0.15, -0.1) is 0 Å². The van der Waals surface area contributed by atoms with Gasteiger partial charge in [0.25, 0.3) is 0 Å². The van der Waals surface area contributed by atoms with Crippen LogP contribution in [0.25, 0.3) is 11.0 Å². The summed E-state index contributed by atoms with van der Waals surface area (Å²) in [5.41, 5.74) is 7.74. The fourth-order valence-electron chi connectivity index (χ4n) is 2.97. The number of nitrogens with zero attached hydrogens (tertiary/aromatic N) is 3. The second-order valence-electron chi connectivity index (χ2n) is 5.73. The molecule has 108 valence electrons. The minimum Gasteiger partial charge on any atom is -0.257 e. The van der Waals surface area contributed by atoms with Crippen LogP contribution in [0.4, 0.5) is 5.69 Å². The summed E-state index contributed by atoms with van der Waals surface area (Å²) >= 11 is 0. The third kappa shape index (κ3) is 2.39. The van der Waals surface area contributed by atoms with Crippen molar-refractivity contribution in [2.24, 2.45) is 4.99 Å². The van der Waals surface area contributed by atoms with Gasteiger partial charge in [0.2, 0.25) is 0 Å². The number of rotatable bonds is 3. The van der Waals surface area contributed by atoms with Gasteiger partial charge >= 0.3 is 0 Å². The molecule has 0 aliphatic carbocycles. The monoisotopic (exact) mass is 287 g/mol. The molecule has 0 amide bonds. The fraction of sp³-hybridized carbons (Fsp3) is 0.211. The van der Waals surface area contributed by atoms with Crippen LogP contribution in [0.5, 0.6) is 0 Å². The largest absolute Gasteiger partial charge is 0.257 e. The lowest BCUT2D eigenvalue weighted by molar-refractivity contribution is 0.933. The minimum absolute atomic E-state index is 0.899. The number of aromatic nitrogens is 2. The number of hydrogen-bond acceptors (Lipinski definition) is 3. The summed E-state index contributed by atoms with van der Waals surface area (Å²) in [6, 6.07) is 16.4. The van der Waals surface area contributed by atoms with Crippen LogP contribution in [0.3, 0.4) is 0 Å². The van der Waals surface area contributed by atoms with Gasteiger partial charge in [-0.25, -0.2) is 9.97 Å². The normalized spacial score (nSPS) is 13.2. The zero-order valence-electron chi connectivity index (χ0n) is 12.6. The first-order valence-electron chi connectivity index (χ1n) is 7.66. The second kappa shape index (κ2) is 5.34. The smallest absolute Gasteiger partial charge is 0.0890 e. The fourth-order valence-corrected chi connectivity index (χ4v) is 2.97. The van der Waals surface area contributed by atoms with E-state index >= 15 is 0 Å². The van der Waals surface area contributed by atoms with Gasteiger partial charge < -0.3 is 0 Å². The predicted octanol–water partition coefficient (Wildman–Crippen LogP) is 4.20. The molecule has 0 atom stereocenters. The summed E-state index contributed by atoms with van der Waals surface area (Å²) in [5, 5.41) is 0. The Labute approximate surface area is 129 Å². The highest BCUT2D eigenvalue weighted by atomic mass is 14.8. The van der Waals surface area contributed by atoms with Gasteiger partial charge in [0.05, 0.1) is 28.1 Å². The molecule has 1 aliphatic heterocycles. The van der Waals surface area contributed by atoms with E-state index in [1.165, 1.54) is 11.3 Å². The highest BCUT2D eigenvalue weighted by Crippen LogP contribution is 2.27. The van der Waals surface area contributed by atoms with Crippen LogP contribution in [0, 0.1) is 6.92 Å². The maximum Gasteiger partial charge on any atom is 0.0890 e. The Balaban J connectivity index is 1.54. The maximum atomic E-state index is 4.77. The number of fused-ring (bicyclic) bond motifs is 2. The van der Waals surface area contributed by atoms with E-state index in [0.29, 0.717) is 0 Å². The Hall–Kier alpha value is -2.55. The van der Waals surface area contributed by atoms with E-state index in [1.54, 1.807) is 0 Å². The van der Waals surface area contributed by atoms with Crippen LogP contribution >= 0.6 is 0 Å². The van der Waals surface area contributed by atoms with Crippen molar-refractivity contribution < 1.29 is 0 Å². The Morgan fingerprint density at radius 2 is 1.59 bits per heavy atom. The van der Waals surface area contributed by atoms with Crippen molar-refractivity contribution in [1.29, 1.82) is 0 Å². The van der Waals surface area contributed by atoms with Gasteiger partial charge in [0.1, 0.15) is 0 Å². The molecule has 0 saturated heterocycles. The molecule has 22 heavy (non-hydrogen) atoms. The Kier molecular flexibility index (Phi) is 3.19. The molecule has 1 aromatic heterocycles. The van der Waals surface area contributed by atoms with E-state index in [1.807, 2.05) is 37.3 Å². The molecule has 0 saturated carbocycles. The van der Waals surface area contributed by atoms with Crippen LogP contribution in [0.2, 0.25) is 0 Å². The molecule has 0 N–H and O–H groups in total. The Morgan fingerprint density at radius 1 is 0.864 bits per heavy atom. The predicted molar refractivity (Wildman–Crippen MR) is 89.8 cm³/mol. The summed E-state index contributed by atoms with van der Waals surface area (Å²) in [5.74, 6) is 0. The van der Waals surface area contributed by atoms with Crippen LogP contribution in [-0.4, -0.2) is 15.7 Å². The van der Waals surface area contributed by atoms with E-state index in [9.17, 15) is 0 Å². The molecule has 3 heteroatoms. The van der Waals surface area contributed by atoms with Crippen LogP contribution in [0.15, 0.2) is 53.5 Å². The molecule has 3 nitrogen and oxygen atoms in total. The molecule has 0 radical (unpaired) electrons. The molecule has 1 aliphatic rings. The van der Waals surface area contributed by atoms with Crippen molar-refractivity contribution in [2.45, 2.75) is 26.2 Å². The summed E-state index contributed by atoms with van der Waals surface area (Å²) in [6.45, 7) is 2.04. The number of para-hydroxylation sites is 3. The lowest BCUT2D eigenvalue weighted by atomic mass is 10.1. The standard InChI is InChI=1S/C19H17N3/c1-13-16(22-19-9-5-4-8-18(19)20-13)11-10-15-12-14-6-2-3-7-17(14)21-15/h2-9H,10-12H2,1H3. The molecule has 0 spiro atoms. The minimum atomic E-state index is 0.899. The SMILES string of the molecule is Cc1nc2ccccc2nc1CCC1=Nc2ccccc2C1. The van der Waals surface area contributed by atoms with Crippen molar-refractivity contribution in [2.75, 3.05) is 0 Å². The Morgan fingerprint density at radius 3 is 2.41 bits per heavy atom. The first-order valence-corrected chi connectivity index (χ1v) is 7.66. The summed E-state index contributed by atoms with van der Waals surface area (Å²) in [7, 11) is 0. The molecule has 0 fully saturated rings. The molecule has 0 unspecified atom stereocenters. The lowest BCUT2D eigenvalue weighted by Gasteiger charge is -2.06. The van der Waals surface area contributed by atoms with Crippen molar-refractivity contribution in [3.8, 4) is 0 Å². The number of benzene rings is 2. The van der Waals surface area contributed by atoms with E-state index in [4.69, 9.17) is 9.98 Å². The van der Waals surface area contributed by atoms with Crippen molar-refractivity contribution >= 4 is 22.4 Å². The number of aryl methyl sites for hydroxylation is 2. The van der Waals surface area contributed by atoms with Crippen molar-refractivity contribution in [3.63, 3.8) is 0 Å². The first-order chi connectivity index (χ1) is 10.8. The first kappa shape index (κ1) is 13.1.